The molecule has 0 bridgehead atoms. The van der Waals surface area contributed by atoms with E-state index in [1.54, 1.807) is 0 Å². The number of fused-ring (bicyclic) bond motifs is 1. The normalized spacial score (nSPS) is 43.1. The van der Waals surface area contributed by atoms with Crippen molar-refractivity contribution in [2.24, 2.45) is 11.8 Å². The second-order valence-corrected chi connectivity index (χ2v) is 9.65. The molecule has 0 aromatic heterocycles. The average Bonchev–Trinajstić information content (AvgIpc) is 2.66. The molecule has 2 saturated heterocycles. The van der Waals surface area contributed by atoms with Gasteiger partial charge in [-0.3, -0.25) is 0 Å². The summed E-state index contributed by atoms with van der Waals surface area (Å²) in [5, 5.41) is 13.4. The summed E-state index contributed by atoms with van der Waals surface area (Å²) in [5.41, 5.74) is 0. The fraction of sp³-hybridized carbons (Fsp3) is 0.714. The van der Waals surface area contributed by atoms with Gasteiger partial charge in [0.1, 0.15) is 0 Å². The first-order valence-electron chi connectivity index (χ1n) is 7.22. The van der Waals surface area contributed by atoms with Crippen molar-refractivity contribution in [1.82, 2.24) is 5.32 Å². The van der Waals surface area contributed by atoms with Crippen molar-refractivity contribution >= 4 is 36.0 Å². The third-order valence-electron chi connectivity index (χ3n) is 4.85. The number of rotatable bonds is 4. The van der Waals surface area contributed by atoms with Crippen molar-refractivity contribution < 1.29 is 18.5 Å². The molecule has 0 aromatic carbocycles. The molecule has 0 aromatic rings. The van der Waals surface area contributed by atoms with Crippen LogP contribution in [0.1, 0.15) is 25.7 Å². The summed E-state index contributed by atoms with van der Waals surface area (Å²) in [6.45, 7) is 0. The van der Waals surface area contributed by atoms with Gasteiger partial charge >= 0.3 is 132 Å². The number of carbonyl (C=O) groups is 2. The molecule has 3 aliphatic rings. The molecule has 6 atom stereocenters. The average molecular weight is 379 g/mol. The number of carbonyl (C=O) groups excluding carboxylic acids is 2. The number of halogens is 1. The van der Waals surface area contributed by atoms with Gasteiger partial charge in [0, 0.05) is 0 Å². The third-order valence-corrected chi connectivity index (χ3v) is 9.19. The molecular formula is C14H18ClNO4Se. The van der Waals surface area contributed by atoms with Crippen LogP contribution in [0.5, 0.6) is 0 Å². The molecule has 0 radical (unpaired) electrons. The molecular weight excluding hydrogens is 361 g/mol. The van der Waals surface area contributed by atoms with Gasteiger partial charge in [0.15, 0.2) is 0 Å². The van der Waals surface area contributed by atoms with Gasteiger partial charge in [-0.1, -0.05) is 0 Å². The zero-order valence-corrected chi connectivity index (χ0v) is 13.9. The van der Waals surface area contributed by atoms with Gasteiger partial charge < -0.3 is 0 Å². The molecule has 1 amide bonds. The number of hydrogen-bond acceptors (Lipinski definition) is 4. The molecule has 0 saturated carbocycles. The number of β-lactam (4-membered cyclic amide) rings is 1. The SMILES string of the molecule is O=C1C(CCCl)[C@@H]2NC(=O)[C@]2([C@@H](O)[C@@H]2C=CCCC2)[Se]1=O. The number of nitrogens with one attached hydrogen (secondary N) is 1. The monoisotopic (exact) mass is 379 g/mol. The van der Waals surface area contributed by atoms with Crippen molar-refractivity contribution in [2.45, 2.75) is 42.1 Å². The predicted molar refractivity (Wildman–Crippen MR) is 77.4 cm³/mol. The van der Waals surface area contributed by atoms with Gasteiger partial charge in [-0.15, -0.1) is 0 Å². The van der Waals surface area contributed by atoms with Crippen molar-refractivity contribution in [3.8, 4) is 0 Å². The van der Waals surface area contributed by atoms with Gasteiger partial charge in [0.25, 0.3) is 0 Å². The quantitative estimate of drug-likeness (QED) is 0.327. The summed E-state index contributed by atoms with van der Waals surface area (Å²) in [6, 6.07) is -0.510. The first-order chi connectivity index (χ1) is 10.0. The van der Waals surface area contributed by atoms with Crippen molar-refractivity contribution in [2.75, 3.05) is 5.88 Å². The molecule has 116 valence electrons. The van der Waals surface area contributed by atoms with E-state index < -0.39 is 42.1 Å². The zero-order chi connectivity index (χ0) is 15.2. The van der Waals surface area contributed by atoms with E-state index in [2.05, 4.69) is 5.32 Å². The standard InChI is InChI=1S/C14H18ClNO4Se/c15-7-6-9-10-14(13(19)16-10,21(20)12(9)18)11(17)8-4-2-1-3-5-8/h2,4,8-11,17H,1,3,5-7H2,(H,16,19)/t8-,9?,10+,11+,14+,21?/m1/s1. The Labute approximate surface area is 132 Å². The van der Waals surface area contributed by atoms with E-state index in [9.17, 15) is 18.5 Å². The predicted octanol–water partition coefficient (Wildman–Crippen LogP) is 0.731. The van der Waals surface area contributed by atoms with Crippen LogP contribution in [0.25, 0.3) is 0 Å². The maximum absolute atomic E-state index is 12.6. The molecule has 1 aliphatic carbocycles. The molecule has 2 heterocycles. The van der Waals surface area contributed by atoms with E-state index in [1.165, 1.54) is 0 Å². The Morgan fingerprint density at radius 1 is 1.52 bits per heavy atom. The minimum atomic E-state index is -3.11. The molecule has 5 nitrogen and oxygen atoms in total. The van der Waals surface area contributed by atoms with Gasteiger partial charge in [0.05, 0.1) is 0 Å². The van der Waals surface area contributed by atoms with Crippen LogP contribution in [0.2, 0.25) is 4.31 Å². The second-order valence-electron chi connectivity index (χ2n) is 5.88. The van der Waals surface area contributed by atoms with Gasteiger partial charge in [0.2, 0.25) is 0 Å². The third kappa shape index (κ3) is 2.00. The van der Waals surface area contributed by atoms with Crippen LogP contribution < -0.4 is 5.32 Å². The van der Waals surface area contributed by atoms with E-state index in [0.29, 0.717) is 6.42 Å². The molecule has 3 rings (SSSR count). The summed E-state index contributed by atoms with van der Waals surface area (Å²) >= 11 is 2.61. The minimum absolute atomic E-state index is 0.199. The second kappa shape index (κ2) is 5.58. The number of amides is 1. The van der Waals surface area contributed by atoms with E-state index >= 15 is 0 Å². The molecule has 2 unspecified atom stereocenters. The maximum atomic E-state index is 12.6. The van der Waals surface area contributed by atoms with E-state index in [-0.39, 0.29) is 16.5 Å². The fourth-order valence-electron chi connectivity index (χ4n) is 3.71. The van der Waals surface area contributed by atoms with E-state index in [0.717, 1.165) is 19.3 Å². The Bertz CT molecular complexity index is 537. The summed E-state index contributed by atoms with van der Waals surface area (Å²) < 4.78 is 10.9. The van der Waals surface area contributed by atoms with Crippen LogP contribution in [0.4, 0.5) is 0 Å². The van der Waals surface area contributed by atoms with Crippen molar-refractivity contribution in [3.05, 3.63) is 12.2 Å². The molecule has 7 heteroatoms. The zero-order valence-electron chi connectivity index (χ0n) is 11.5. The Morgan fingerprint density at radius 2 is 2.29 bits per heavy atom. The summed E-state index contributed by atoms with van der Waals surface area (Å²) in [6.07, 6.45) is 5.87. The van der Waals surface area contributed by atoms with Crippen LogP contribution in [0.15, 0.2) is 12.2 Å². The summed E-state index contributed by atoms with van der Waals surface area (Å²) in [4.78, 5) is 24.4. The van der Waals surface area contributed by atoms with Crippen molar-refractivity contribution in [3.63, 3.8) is 0 Å². The van der Waals surface area contributed by atoms with Crippen molar-refractivity contribution in [1.29, 1.82) is 0 Å². The van der Waals surface area contributed by atoms with Gasteiger partial charge in [-0.05, 0) is 0 Å². The first kappa shape index (κ1) is 15.3. The molecule has 2 N–H and O–H groups in total. The number of hydrogen-bond donors (Lipinski definition) is 2. The Balaban J connectivity index is 1.95. The van der Waals surface area contributed by atoms with Crippen LogP contribution in [0.3, 0.4) is 0 Å². The topological polar surface area (TPSA) is 83.5 Å². The van der Waals surface area contributed by atoms with Gasteiger partial charge in [-0.2, -0.15) is 0 Å². The Kier molecular flexibility index (Phi) is 4.08. The molecule has 2 aliphatic heterocycles. The first-order valence-corrected chi connectivity index (χ1v) is 10.2. The van der Waals surface area contributed by atoms with Crippen LogP contribution in [-0.4, -0.2) is 47.6 Å². The van der Waals surface area contributed by atoms with Crippen LogP contribution in [0, 0.1) is 11.8 Å². The van der Waals surface area contributed by atoms with Gasteiger partial charge in [-0.25, -0.2) is 0 Å². The van der Waals surface area contributed by atoms with E-state index in [4.69, 9.17) is 11.6 Å². The number of aliphatic hydroxyl groups is 1. The number of alkyl halides is 1. The molecule has 0 spiro atoms. The fourth-order valence-corrected chi connectivity index (χ4v) is 8.01. The summed E-state index contributed by atoms with van der Waals surface area (Å²) in [7, 11) is 0. The number of aliphatic hydroxyl groups excluding tert-OH is 1. The van der Waals surface area contributed by atoms with Crippen LogP contribution >= 0.6 is 11.6 Å². The number of allylic oxidation sites excluding steroid dienone is 1. The Morgan fingerprint density at radius 3 is 2.86 bits per heavy atom. The summed E-state index contributed by atoms with van der Waals surface area (Å²) in [5.74, 6) is -0.860. The molecule has 2 fully saturated rings. The molecule has 21 heavy (non-hydrogen) atoms. The Hall–Kier alpha value is -0.551. The van der Waals surface area contributed by atoms with E-state index in [1.807, 2.05) is 12.2 Å². The van der Waals surface area contributed by atoms with Crippen LogP contribution in [-0.2, 0) is 13.4 Å².